The molecule has 1 heterocycles. The highest BCUT2D eigenvalue weighted by atomic mass is 15.3. The highest BCUT2D eigenvalue weighted by molar-refractivity contribution is 5.18. The van der Waals surface area contributed by atoms with Gasteiger partial charge in [0.15, 0.2) is 0 Å². The molecule has 2 nitrogen and oxygen atoms in total. The Morgan fingerprint density at radius 2 is 1.68 bits per heavy atom. The van der Waals surface area contributed by atoms with Gasteiger partial charge in [0.05, 0.1) is 0 Å². The van der Waals surface area contributed by atoms with E-state index in [1.54, 1.807) is 19.3 Å². The fraction of sp³-hybridized carbons (Fsp3) is 1.00. The lowest BCUT2D eigenvalue weighted by Crippen LogP contribution is -2.62. The molecule has 19 heavy (non-hydrogen) atoms. The van der Waals surface area contributed by atoms with Crippen molar-refractivity contribution in [2.24, 2.45) is 23.7 Å². The second-order valence-electron chi connectivity index (χ2n) is 8.22. The van der Waals surface area contributed by atoms with Crippen LogP contribution in [-0.4, -0.2) is 36.1 Å². The number of hydrogen-bond acceptors (Lipinski definition) is 2. The summed E-state index contributed by atoms with van der Waals surface area (Å²) >= 11 is 0. The summed E-state index contributed by atoms with van der Waals surface area (Å²) in [4.78, 5) is 2.93. The van der Waals surface area contributed by atoms with Gasteiger partial charge in [0.1, 0.15) is 0 Å². The van der Waals surface area contributed by atoms with Crippen molar-refractivity contribution in [1.29, 1.82) is 0 Å². The van der Waals surface area contributed by atoms with E-state index >= 15 is 0 Å². The van der Waals surface area contributed by atoms with Crippen LogP contribution in [0.4, 0.5) is 0 Å². The first-order chi connectivity index (χ1) is 9.36. The second-order valence-corrected chi connectivity index (χ2v) is 8.22. The van der Waals surface area contributed by atoms with Crippen LogP contribution in [-0.2, 0) is 0 Å². The van der Waals surface area contributed by atoms with Crippen LogP contribution < -0.4 is 5.32 Å². The van der Waals surface area contributed by atoms with Gasteiger partial charge in [-0.15, -0.1) is 0 Å². The van der Waals surface area contributed by atoms with Gasteiger partial charge in [-0.05, 0) is 55.8 Å². The summed E-state index contributed by atoms with van der Waals surface area (Å²) in [6, 6.07) is 1.02. The molecule has 0 amide bonds. The van der Waals surface area contributed by atoms with Crippen molar-refractivity contribution in [3.63, 3.8) is 0 Å². The van der Waals surface area contributed by atoms with Crippen molar-refractivity contribution in [3.05, 3.63) is 0 Å². The molecule has 106 valence electrons. The summed E-state index contributed by atoms with van der Waals surface area (Å²) < 4.78 is 0. The standard InChI is InChI=1S/C17H28N2/c1-2-6-17(7-3-1)11-19(9-8-18-17)16-14-12-4-5-13(10-12)15(14)16/h12-16,18H,1-11H2. The van der Waals surface area contributed by atoms with Crippen LogP contribution in [0.25, 0.3) is 0 Å². The minimum Gasteiger partial charge on any atom is -0.309 e. The number of rotatable bonds is 1. The monoisotopic (exact) mass is 260 g/mol. The van der Waals surface area contributed by atoms with Gasteiger partial charge in [-0.2, -0.15) is 0 Å². The van der Waals surface area contributed by atoms with Crippen molar-refractivity contribution in [3.8, 4) is 0 Å². The summed E-state index contributed by atoms with van der Waals surface area (Å²) in [5.41, 5.74) is 0.520. The van der Waals surface area contributed by atoms with Gasteiger partial charge in [0.25, 0.3) is 0 Å². The van der Waals surface area contributed by atoms with Crippen LogP contribution in [0.5, 0.6) is 0 Å². The van der Waals surface area contributed by atoms with Crippen LogP contribution in [0.3, 0.4) is 0 Å². The number of nitrogens with one attached hydrogen (secondary N) is 1. The summed E-state index contributed by atoms with van der Waals surface area (Å²) in [5.74, 6) is 4.55. The molecule has 4 saturated carbocycles. The molecule has 5 aliphatic rings. The summed E-state index contributed by atoms with van der Waals surface area (Å²) in [6.45, 7) is 3.97. The van der Waals surface area contributed by atoms with Gasteiger partial charge in [0.2, 0.25) is 0 Å². The predicted octanol–water partition coefficient (Wildman–Crippen LogP) is 2.64. The van der Waals surface area contributed by atoms with Gasteiger partial charge >= 0.3 is 0 Å². The number of fused-ring (bicyclic) bond motifs is 5. The molecule has 4 unspecified atom stereocenters. The molecule has 0 aromatic carbocycles. The lowest BCUT2D eigenvalue weighted by atomic mass is 9.80. The van der Waals surface area contributed by atoms with Crippen LogP contribution in [0.1, 0.15) is 51.4 Å². The zero-order valence-corrected chi connectivity index (χ0v) is 12.1. The summed E-state index contributed by atoms with van der Waals surface area (Å²) in [5, 5.41) is 3.91. The highest BCUT2D eigenvalue weighted by Crippen LogP contribution is 2.67. The van der Waals surface area contributed by atoms with Crippen molar-refractivity contribution >= 4 is 0 Å². The molecule has 2 heteroatoms. The Morgan fingerprint density at radius 3 is 2.42 bits per heavy atom. The first-order valence-corrected chi connectivity index (χ1v) is 8.85. The number of piperazine rings is 1. The van der Waals surface area contributed by atoms with Gasteiger partial charge in [-0.3, -0.25) is 4.90 Å². The third kappa shape index (κ3) is 1.62. The highest BCUT2D eigenvalue weighted by Gasteiger charge is 2.67. The molecule has 1 N–H and O–H groups in total. The molecule has 2 bridgehead atoms. The third-order valence-electron chi connectivity index (χ3n) is 7.33. The molecule has 4 aliphatic carbocycles. The van der Waals surface area contributed by atoms with E-state index in [2.05, 4.69) is 10.2 Å². The molecule has 0 radical (unpaired) electrons. The van der Waals surface area contributed by atoms with Gasteiger partial charge in [-0.25, -0.2) is 0 Å². The summed E-state index contributed by atoms with van der Waals surface area (Å²) in [7, 11) is 0. The molecule has 4 atom stereocenters. The van der Waals surface area contributed by atoms with Crippen LogP contribution >= 0.6 is 0 Å². The Morgan fingerprint density at radius 1 is 0.947 bits per heavy atom. The van der Waals surface area contributed by atoms with Crippen molar-refractivity contribution in [2.45, 2.75) is 62.9 Å². The van der Waals surface area contributed by atoms with Gasteiger partial charge in [0, 0.05) is 31.2 Å². The van der Waals surface area contributed by atoms with E-state index in [4.69, 9.17) is 0 Å². The van der Waals surface area contributed by atoms with E-state index in [0.29, 0.717) is 5.54 Å². The topological polar surface area (TPSA) is 15.3 Å². The normalized spacial score (nSPS) is 51.5. The van der Waals surface area contributed by atoms with Crippen molar-refractivity contribution < 1.29 is 0 Å². The van der Waals surface area contributed by atoms with E-state index in [1.165, 1.54) is 51.7 Å². The Balaban J connectivity index is 1.31. The van der Waals surface area contributed by atoms with E-state index in [1.807, 2.05) is 0 Å². The third-order valence-corrected chi connectivity index (χ3v) is 7.33. The Hall–Kier alpha value is -0.0800. The zero-order valence-electron chi connectivity index (χ0n) is 12.1. The Labute approximate surface area is 117 Å². The van der Waals surface area contributed by atoms with Crippen molar-refractivity contribution in [2.75, 3.05) is 19.6 Å². The molecule has 5 fully saturated rings. The maximum Gasteiger partial charge on any atom is 0.0309 e. The molecule has 0 aromatic heterocycles. The summed E-state index contributed by atoms with van der Waals surface area (Å²) in [6.07, 6.45) is 12.0. The molecular formula is C17H28N2. The van der Waals surface area contributed by atoms with Crippen molar-refractivity contribution in [1.82, 2.24) is 10.2 Å². The SMILES string of the molecule is C1CCC2(CC1)CN(C1C3C4CCC(C4)C31)CCN2. The lowest BCUT2D eigenvalue weighted by Gasteiger charge is -2.47. The maximum atomic E-state index is 3.91. The number of nitrogens with zero attached hydrogens (tertiary/aromatic N) is 1. The molecule has 1 aliphatic heterocycles. The molecule has 5 rings (SSSR count). The van der Waals surface area contributed by atoms with Gasteiger partial charge < -0.3 is 5.32 Å². The lowest BCUT2D eigenvalue weighted by molar-refractivity contribution is 0.0814. The van der Waals surface area contributed by atoms with Gasteiger partial charge in [-0.1, -0.05) is 19.3 Å². The largest absolute Gasteiger partial charge is 0.309 e. The van der Waals surface area contributed by atoms with E-state index < -0.39 is 0 Å². The quantitative estimate of drug-likeness (QED) is 0.780. The number of hydrogen-bond donors (Lipinski definition) is 1. The van der Waals surface area contributed by atoms with E-state index in [0.717, 1.165) is 29.7 Å². The smallest absolute Gasteiger partial charge is 0.0309 e. The second kappa shape index (κ2) is 3.98. The van der Waals surface area contributed by atoms with E-state index in [-0.39, 0.29) is 0 Å². The Bertz CT molecular complexity index is 352. The fourth-order valence-electron chi connectivity index (χ4n) is 6.57. The predicted molar refractivity (Wildman–Crippen MR) is 77.0 cm³/mol. The minimum absolute atomic E-state index is 0.520. The minimum atomic E-state index is 0.520. The molecular weight excluding hydrogens is 232 g/mol. The molecule has 1 saturated heterocycles. The first-order valence-electron chi connectivity index (χ1n) is 8.85. The average molecular weight is 260 g/mol. The average Bonchev–Trinajstić information content (AvgIpc) is 2.88. The molecule has 1 spiro atoms. The van der Waals surface area contributed by atoms with Crippen LogP contribution in [0.2, 0.25) is 0 Å². The van der Waals surface area contributed by atoms with Crippen LogP contribution in [0, 0.1) is 23.7 Å². The fourth-order valence-corrected chi connectivity index (χ4v) is 6.57. The first kappa shape index (κ1) is 11.6. The zero-order chi connectivity index (χ0) is 12.4. The maximum absolute atomic E-state index is 3.91. The van der Waals surface area contributed by atoms with E-state index in [9.17, 15) is 0 Å². The van der Waals surface area contributed by atoms with Crippen LogP contribution in [0.15, 0.2) is 0 Å². The molecule has 0 aromatic rings. The Kier molecular flexibility index (Phi) is 2.42.